The molecule has 2 nitrogen and oxygen atoms in total. The van der Waals surface area contributed by atoms with Gasteiger partial charge in [-0.15, -0.1) is 11.3 Å². The van der Waals surface area contributed by atoms with Gasteiger partial charge in [0.25, 0.3) is 0 Å². The molecule has 0 N–H and O–H groups in total. The van der Waals surface area contributed by atoms with Gasteiger partial charge in [-0.3, -0.25) is 4.79 Å². The van der Waals surface area contributed by atoms with Crippen LogP contribution in [0, 0.1) is 3.57 Å². The number of hydrogen-bond donors (Lipinski definition) is 0. The largest absolute Gasteiger partial charge is 0.496 e. The first-order valence-electron chi connectivity index (χ1n) is 4.86. The normalized spacial score (nSPS) is 10.4. The van der Waals surface area contributed by atoms with Gasteiger partial charge in [-0.05, 0) is 78.7 Å². The molecule has 2 aromatic rings. The summed E-state index contributed by atoms with van der Waals surface area (Å²) in [5, 5.41) is 0. The van der Waals surface area contributed by atoms with Crippen LogP contribution < -0.4 is 4.74 Å². The van der Waals surface area contributed by atoms with E-state index in [4.69, 9.17) is 4.74 Å². The first-order valence-corrected chi connectivity index (χ1v) is 8.34. The number of carbonyl (C=O) groups excluding carboxylic acids is 1. The van der Waals surface area contributed by atoms with Crippen molar-refractivity contribution in [2.45, 2.75) is 0 Å². The van der Waals surface area contributed by atoms with Gasteiger partial charge in [0.05, 0.1) is 21.3 Å². The molecular formula is C12H7Br2IO2S. The molecule has 1 aromatic heterocycles. The van der Waals surface area contributed by atoms with Crippen LogP contribution in [-0.2, 0) is 0 Å². The van der Waals surface area contributed by atoms with Crippen LogP contribution in [0.25, 0.3) is 0 Å². The molecule has 0 saturated carbocycles. The maximum Gasteiger partial charge on any atom is 0.206 e. The minimum Gasteiger partial charge on any atom is -0.496 e. The number of carbonyl (C=O) groups is 1. The van der Waals surface area contributed by atoms with E-state index in [1.807, 2.05) is 24.3 Å². The summed E-state index contributed by atoms with van der Waals surface area (Å²) in [7, 11) is 1.57. The van der Waals surface area contributed by atoms with Gasteiger partial charge in [-0.25, -0.2) is 0 Å². The highest BCUT2D eigenvalue weighted by molar-refractivity contribution is 14.1. The molecule has 1 heterocycles. The van der Waals surface area contributed by atoms with Crippen molar-refractivity contribution in [3.05, 3.63) is 46.5 Å². The van der Waals surface area contributed by atoms with Crippen LogP contribution in [0.5, 0.6) is 5.75 Å². The van der Waals surface area contributed by atoms with E-state index in [2.05, 4.69) is 54.5 Å². The Labute approximate surface area is 139 Å². The van der Waals surface area contributed by atoms with Gasteiger partial charge in [-0.1, -0.05) is 0 Å². The second kappa shape index (κ2) is 6.02. The number of hydrogen-bond acceptors (Lipinski definition) is 3. The van der Waals surface area contributed by atoms with Gasteiger partial charge in [0, 0.05) is 8.04 Å². The summed E-state index contributed by atoms with van der Waals surface area (Å²) in [6, 6.07) is 7.38. The predicted molar refractivity (Wildman–Crippen MR) is 88.9 cm³/mol. The third kappa shape index (κ3) is 2.97. The van der Waals surface area contributed by atoms with E-state index in [0.717, 1.165) is 11.8 Å². The Balaban J connectivity index is 2.48. The molecule has 0 spiro atoms. The highest BCUT2D eigenvalue weighted by Crippen LogP contribution is 2.35. The number of ketones is 1. The monoisotopic (exact) mass is 500 g/mol. The van der Waals surface area contributed by atoms with Gasteiger partial charge in [0.1, 0.15) is 5.75 Å². The number of ether oxygens (including phenoxy) is 1. The highest BCUT2D eigenvalue weighted by atomic mass is 127. The topological polar surface area (TPSA) is 26.3 Å². The first-order chi connectivity index (χ1) is 8.52. The molecule has 0 unspecified atom stereocenters. The predicted octanol–water partition coefficient (Wildman–Crippen LogP) is 5.12. The fraction of sp³-hybridized carbons (Fsp3) is 0.0833. The van der Waals surface area contributed by atoms with Gasteiger partial charge >= 0.3 is 0 Å². The summed E-state index contributed by atoms with van der Waals surface area (Å²) in [6.45, 7) is 0. The molecule has 0 aliphatic heterocycles. The fourth-order valence-electron chi connectivity index (χ4n) is 1.45. The Hall–Kier alpha value is 0.0800. The molecule has 0 saturated heterocycles. The molecule has 0 fully saturated rings. The number of halogens is 3. The lowest BCUT2D eigenvalue weighted by Gasteiger charge is -2.06. The molecule has 0 bridgehead atoms. The Morgan fingerprint density at radius 1 is 1.33 bits per heavy atom. The van der Waals surface area contributed by atoms with Crippen LogP contribution in [0.2, 0.25) is 0 Å². The van der Waals surface area contributed by atoms with Gasteiger partial charge < -0.3 is 4.74 Å². The number of methoxy groups -OCH3 is 1. The highest BCUT2D eigenvalue weighted by Gasteiger charge is 2.18. The number of thiophene rings is 1. The van der Waals surface area contributed by atoms with Crippen molar-refractivity contribution < 1.29 is 9.53 Å². The average Bonchev–Trinajstić information content (AvgIpc) is 2.68. The molecule has 0 amide bonds. The Morgan fingerprint density at radius 3 is 2.61 bits per heavy atom. The van der Waals surface area contributed by atoms with Crippen LogP contribution in [0.15, 0.2) is 32.5 Å². The zero-order valence-electron chi connectivity index (χ0n) is 9.17. The molecule has 0 atom stereocenters. The summed E-state index contributed by atoms with van der Waals surface area (Å²) >= 11 is 10.4. The zero-order chi connectivity index (χ0) is 13.3. The smallest absolute Gasteiger partial charge is 0.206 e. The van der Waals surface area contributed by atoms with Gasteiger partial charge in [0.2, 0.25) is 5.78 Å². The van der Waals surface area contributed by atoms with E-state index < -0.39 is 0 Å². The summed E-state index contributed by atoms with van der Waals surface area (Å²) in [5.41, 5.74) is 0.589. The van der Waals surface area contributed by atoms with Gasteiger partial charge in [0.15, 0.2) is 0 Å². The standard InChI is InChI=1S/C12H7Br2IO2S/c1-17-9-3-2-6(15)4-7(9)11(16)10-5-8(13)12(14)18-10/h2-5H,1H3. The molecule has 1 aromatic carbocycles. The van der Waals surface area contributed by atoms with Crippen molar-refractivity contribution >= 4 is 71.6 Å². The Morgan fingerprint density at radius 2 is 2.06 bits per heavy atom. The van der Waals surface area contributed by atoms with Crippen LogP contribution in [0.3, 0.4) is 0 Å². The molecule has 18 heavy (non-hydrogen) atoms. The second-order valence-corrected chi connectivity index (χ2v) is 7.88. The van der Waals surface area contributed by atoms with Gasteiger partial charge in [-0.2, -0.15) is 0 Å². The first kappa shape index (κ1) is 14.5. The van der Waals surface area contributed by atoms with Crippen molar-refractivity contribution in [3.63, 3.8) is 0 Å². The second-order valence-electron chi connectivity index (χ2n) is 3.41. The lowest BCUT2D eigenvalue weighted by atomic mass is 10.1. The lowest BCUT2D eigenvalue weighted by molar-refractivity contribution is 0.103. The Bertz CT molecular complexity index is 591. The minimum atomic E-state index is -0.0261. The molecular weight excluding hydrogens is 495 g/mol. The summed E-state index contributed by atoms with van der Waals surface area (Å²) in [6.07, 6.45) is 0. The average molecular weight is 502 g/mol. The van der Waals surface area contributed by atoms with Crippen molar-refractivity contribution in [3.8, 4) is 5.75 Å². The molecule has 6 heteroatoms. The van der Waals surface area contributed by atoms with E-state index in [1.165, 1.54) is 11.3 Å². The van der Waals surface area contributed by atoms with Crippen molar-refractivity contribution in [2.24, 2.45) is 0 Å². The molecule has 2 rings (SSSR count). The van der Waals surface area contributed by atoms with Crippen LogP contribution in [0.1, 0.15) is 15.2 Å². The lowest BCUT2D eigenvalue weighted by Crippen LogP contribution is -2.02. The van der Waals surface area contributed by atoms with E-state index in [-0.39, 0.29) is 5.78 Å². The molecule has 0 radical (unpaired) electrons. The van der Waals surface area contributed by atoms with Crippen molar-refractivity contribution in [2.75, 3.05) is 7.11 Å². The van der Waals surface area contributed by atoms with E-state index in [1.54, 1.807) is 7.11 Å². The van der Waals surface area contributed by atoms with Crippen molar-refractivity contribution in [1.82, 2.24) is 0 Å². The molecule has 0 aliphatic carbocycles. The maximum atomic E-state index is 12.4. The molecule has 0 aliphatic rings. The third-order valence-electron chi connectivity index (χ3n) is 2.28. The number of rotatable bonds is 3. The fourth-order valence-corrected chi connectivity index (χ4v) is 3.93. The quantitative estimate of drug-likeness (QED) is 0.431. The van der Waals surface area contributed by atoms with E-state index >= 15 is 0 Å². The SMILES string of the molecule is COc1ccc(I)cc1C(=O)c1cc(Br)c(Br)s1. The zero-order valence-corrected chi connectivity index (χ0v) is 15.3. The minimum absolute atomic E-state index is 0.0261. The van der Waals surface area contributed by atoms with Crippen LogP contribution in [0.4, 0.5) is 0 Å². The van der Waals surface area contributed by atoms with E-state index in [0.29, 0.717) is 16.2 Å². The van der Waals surface area contributed by atoms with Crippen molar-refractivity contribution in [1.29, 1.82) is 0 Å². The van der Waals surface area contributed by atoms with E-state index in [9.17, 15) is 4.79 Å². The third-order valence-corrected chi connectivity index (χ3v) is 6.20. The molecule has 94 valence electrons. The summed E-state index contributed by atoms with van der Waals surface area (Å²) < 4.78 is 8.04. The Kier molecular flexibility index (Phi) is 4.85. The van der Waals surface area contributed by atoms with Crippen LogP contribution in [-0.4, -0.2) is 12.9 Å². The number of benzene rings is 1. The summed E-state index contributed by atoms with van der Waals surface area (Å²) in [5.74, 6) is 0.572. The van der Waals surface area contributed by atoms with Crippen LogP contribution >= 0.6 is 65.8 Å². The summed E-state index contributed by atoms with van der Waals surface area (Å²) in [4.78, 5) is 13.1. The maximum absolute atomic E-state index is 12.4.